The maximum Gasteiger partial charge on any atom is 0.0692 e. The molecule has 1 atom stereocenters. The highest BCUT2D eigenvalue weighted by molar-refractivity contribution is 5.81. The monoisotopic (exact) mass is 190 g/mol. The lowest BCUT2D eigenvalue weighted by Crippen LogP contribution is -2.15. The predicted molar refractivity (Wildman–Crippen MR) is 56.3 cm³/mol. The van der Waals surface area contributed by atoms with Crippen LogP contribution in [0.3, 0.4) is 0 Å². The van der Waals surface area contributed by atoms with Crippen molar-refractivity contribution in [3.05, 3.63) is 36.0 Å². The van der Waals surface area contributed by atoms with Crippen LogP contribution >= 0.6 is 0 Å². The molecule has 0 bridgehead atoms. The molecule has 2 aromatic rings. The Morgan fingerprint density at radius 2 is 2.07 bits per heavy atom. The fourth-order valence-electron chi connectivity index (χ4n) is 1.79. The third-order valence-electron chi connectivity index (χ3n) is 2.63. The van der Waals surface area contributed by atoms with E-state index in [4.69, 9.17) is 5.21 Å². The maximum atomic E-state index is 8.87. The van der Waals surface area contributed by atoms with Gasteiger partial charge >= 0.3 is 0 Å². The fourth-order valence-corrected chi connectivity index (χ4v) is 1.79. The first-order valence-electron chi connectivity index (χ1n) is 4.68. The fraction of sp³-hybridized carbons (Fsp3) is 0.273. The Labute approximate surface area is 82.9 Å². The highest BCUT2D eigenvalue weighted by Crippen LogP contribution is 2.22. The van der Waals surface area contributed by atoms with Gasteiger partial charge < -0.3 is 9.77 Å². The molecule has 3 heteroatoms. The molecule has 1 heterocycles. The molecular formula is C11H14N2O. The van der Waals surface area contributed by atoms with E-state index in [0.29, 0.717) is 0 Å². The first-order chi connectivity index (χ1) is 6.74. The summed E-state index contributed by atoms with van der Waals surface area (Å²) >= 11 is 0. The average Bonchev–Trinajstić information content (AvgIpc) is 2.56. The van der Waals surface area contributed by atoms with Crippen molar-refractivity contribution < 1.29 is 5.21 Å². The van der Waals surface area contributed by atoms with Crippen molar-refractivity contribution >= 4 is 10.9 Å². The highest BCUT2D eigenvalue weighted by Gasteiger charge is 2.10. The van der Waals surface area contributed by atoms with Crippen LogP contribution in [-0.2, 0) is 7.05 Å². The van der Waals surface area contributed by atoms with E-state index in [0.717, 1.165) is 5.69 Å². The molecule has 1 unspecified atom stereocenters. The molecule has 2 N–H and O–H groups in total. The Balaban J connectivity index is 2.62. The molecule has 1 aromatic heterocycles. The summed E-state index contributed by atoms with van der Waals surface area (Å²) in [7, 11) is 2.01. The molecule has 2 rings (SSSR count). The zero-order valence-electron chi connectivity index (χ0n) is 8.36. The summed E-state index contributed by atoms with van der Waals surface area (Å²) in [6.45, 7) is 1.92. The Bertz CT molecular complexity index is 447. The summed E-state index contributed by atoms with van der Waals surface area (Å²) in [5.74, 6) is 0. The van der Waals surface area contributed by atoms with E-state index in [-0.39, 0.29) is 6.04 Å². The van der Waals surface area contributed by atoms with Crippen LogP contribution in [0.25, 0.3) is 10.9 Å². The summed E-state index contributed by atoms with van der Waals surface area (Å²) in [5, 5.41) is 10.1. The quantitative estimate of drug-likeness (QED) is 0.712. The molecule has 1 aromatic carbocycles. The summed E-state index contributed by atoms with van der Waals surface area (Å²) in [6, 6.07) is 10.2. The zero-order chi connectivity index (χ0) is 10.1. The second-order valence-corrected chi connectivity index (χ2v) is 3.54. The molecule has 0 aliphatic rings. The number of hydroxylamine groups is 1. The molecule has 0 radical (unpaired) electrons. The van der Waals surface area contributed by atoms with Crippen LogP contribution in [0.4, 0.5) is 0 Å². The van der Waals surface area contributed by atoms with Crippen molar-refractivity contribution in [2.75, 3.05) is 0 Å². The molecule has 0 saturated carbocycles. The van der Waals surface area contributed by atoms with Crippen LogP contribution in [0.2, 0.25) is 0 Å². The number of nitrogens with one attached hydrogen (secondary N) is 1. The Morgan fingerprint density at radius 1 is 1.36 bits per heavy atom. The number of para-hydroxylation sites is 1. The third-order valence-corrected chi connectivity index (χ3v) is 2.63. The van der Waals surface area contributed by atoms with Crippen molar-refractivity contribution in [3.8, 4) is 0 Å². The van der Waals surface area contributed by atoms with Gasteiger partial charge in [-0.3, -0.25) is 0 Å². The SMILES string of the molecule is CC(NO)c1cc2ccccc2n1C. The van der Waals surface area contributed by atoms with Crippen molar-refractivity contribution in [3.63, 3.8) is 0 Å². The van der Waals surface area contributed by atoms with Gasteiger partial charge in [0.15, 0.2) is 0 Å². The van der Waals surface area contributed by atoms with Crippen LogP contribution in [0, 0.1) is 0 Å². The first kappa shape index (κ1) is 9.24. The maximum absolute atomic E-state index is 8.87. The van der Waals surface area contributed by atoms with E-state index in [1.807, 2.05) is 26.1 Å². The van der Waals surface area contributed by atoms with Gasteiger partial charge in [0.1, 0.15) is 0 Å². The summed E-state index contributed by atoms with van der Waals surface area (Å²) in [5.41, 5.74) is 4.52. The van der Waals surface area contributed by atoms with Crippen LogP contribution in [-0.4, -0.2) is 9.77 Å². The van der Waals surface area contributed by atoms with E-state index in [1.54, 1.807) is 0 Å². The molecule has 0 amide bonds. The van der Waals surface area contributed by atoms with Gasteiger partial charge in [0.25, 0.3) is 0 Å². The topological polar surface area (TPSA) is 37.2 Å². The van der Waals surface area contributed by atoms with Gasteiger partial charge in [-0.1, -0.05) is 18.2 Å². The normalized spacial score (nSPS) is 13.4. The van der Waals surface area contributed by atoms with Crippen molar-refractivity contribution in [2.24, 2.45) is 7.05 Å². The molecule has 0 aliphatic heterocycles. The van der Waals surface area contributed by atoms with Gasteiger partial charge in [0.2, 0.25) is 0 Å². The lowest BCUT2D eigenvalue weighted by molar-refractivity contribution is 0.130. The number of nitrogens with zero attached hydrogens (tertiary/aromatic N) is 1. The molecule has 3 nitrogen and oxygen atoms in total. The number of rotatable bonds is 2. The molecule has 0 spiro atoms. The minimum Gasteiger partial charge on any atom is -0.346 e. The first-order valence-corrected chi connectivity index (χ1v) is 4.68. The molecule has 74 valence electrons. The lowest BCUT2D eigenvalue weighted by atomic mass is 10.2. The second-order valence-electron chi connectivity index (χ2n) is 3.54. The molecule has 14 heavy (non-hydrogen) atoms. The van der Waals surface area contributed by atoms with Gasteiger partial charge in [-0.05, 0) is 24.4 Å². The molecular weight excluding hydrogens is 176 g/mol. The Kier molecular flexibility index (Phi) is 2.27. The number of aromatic nitrogens is 1. The van der Waals surface area contributed by atoms with Gasteiger partial charge in [-0.25, -0.2) is 0 Å². The second kappa shape index (κ2) is 3.44. The van der Waals surface area contributed by atoms with Gasteiger partial charge in [0, 0.05) is 18.3 Å². The van der Waals surface area contributed by atoms with Crippen LogP contribution < -0.4 is 5.48 Å². The van der Waals surface area contributed by atoms with Crippen LogP contribution in [0.5, 0.6) is 0 Å². The number of fused-ring (bicyclic) bond motifs is 1. The predicted octanol–water partition coefficient (Wildman–Crippen LogP) is 2.22. The number of hydrogen-bond acceptors (Lipinski definition) is 2. The van der Waals surface area contributed by atoms with E-state index < -0.39 is 0 Å². The highest BCUT2D eigenvalue weighted by atomic mass is 16.5. The zero-order valence-corrected chi connectivity index (χ0v) is 8.36. The lowest BCUT2D eigenvalue weighted by Gasteiger charge is -2.10. The standard InChI is InChI=1S/C11H14N2O/c1-8(12-14)11-7-9-5-3-4-6-10(9)13(11)2/h3-8,12,14H,1-2H3. The molecule has 0 fully saturated rings. The van der Waals surface area contributed by atoms with Crippen molar-refractivity contribution in [1.29, 1.82) is 0 Å². The Morgan fingerprint density at radius 3 is 2.71 bits per heavy atom. The van der Waals surface area contributed by atoms with Crippen LogP contribution in [0.1, 0.15) is 18.7 Å². The van der Waals surface area contributed by atoms with Crippen LogP contribution in [0.15, 0.2) is 30.3 Å². The number of hydrogen-bond donors (Lipinski definition) is 2. The van der Waals surface area contributed by atoms with Gasteiger partial charge in [0.05, 0.1) is 6.04 Å². The summed E-state index contributed by atoms with van der Waals surface area (Å²) in [6.07, 6.45) is 0. The van der Waals surface area contributed by atoms with E-state index in [1.165, 1.54) is 10.9 Å². The summed E-state index contributed by atoms with van der Waals surface area (Å²) < 4.78 is 2.09. The van der Waals surface area contributed by atoms with E-state index in [9.17, 15) is 0 Å². The summed E-state index contributed by atoms with van der Waals surface area (Å²) in [4.78, 5) is 0. The number of benzene rings is 1. The minimum atomic E-state index is -0.0487. The third kappa shape index (κ3) is 1.31. The minimum absolute atomic E-state index is 0.0487. The largest absolute Gasteiger partial charge is 0.346 e. The van der Waals surface area contributed by atoms with Gasteiger partial charge in [-0.15, -0.1) is 0 Å². The van der Waals surface area contributed by atoms with Crippen molar-refractivity contribution in [2.45, 2.75) is 13.0 Å². The Hall–Kier alpha value is -1.32. The van der Waals surface area contributed by atoms with Gasteiger partial charge in [-0.2, -0.15) is 5.48 Å². The molecule has 0 aliphatic carbocycles. The van der Waals surface area contributed by atoms with Crippen molar-refractivity contribution in [1.82, 2.24) is 10.0 Å². The number of aryl methyl sites for hydroxylation is 1. The van der Waals surface area contributed by atoms with E-state index >= 15 is 0 Å². The molecule has 0 saturated heterocycles. The van der Waals surface area contributed by atoms with E-state index in [2.05, 4.69) is 28.2 Å². The smallest absolute Gasteiger partial charge is 0.0692 e. The average molecular weight is 190 g/mol.